The second-order valence-electron chi connectivity index (χ2n) is 6.39. The van der Waals surface area contributed by atoms with Gasteiger partial charge in [0, 0.05) is 24.2 Å². The predicted molar refractivity (Wildman–Crippen MR) is 100 cm³/mol. The molecular weight excluding hydrogens is 326 g/mol. The average molecular weight is 347 g/mol. The van der Waals surface area contributed by atoms with Crippen molar-refractivity contribution in [2.24, 2.45) is 0 Å². The van der Waals surface area contributed by atoms with Gasteiger partial charge in [-0.25, -0.2) is 4.98 Å². The second-order valence-corrected chi connectivity index (χ2v) is 6.39. The van der Waals surface area contributed by atoms with Gasteiger partial charge in [-0.3, -0.25) is 0 Å². The Morgan fingerprint density at radius 1 is 0.923 bits per heavy atom. The first-order chi connectivity index (χ1) is 12.8. The standard InChI is InChI=1S/C21H21N3O2/c1-15-13-23-20(16-11-12-22-14-16)24-21(15)26-19-9-7-18(8-10-19)25-17-5-3-2-4-6-17/h2-10,13,16,22H,11-12,14H2,1H3. The van der Waals surface area contributed by atoms with E-state index >= 15 is 0 Å². The topological polar surface area (TPSA) is 56.3 Å². The smallest absolute Gasteiger partial charge is 0.225 e. The Bertz CT molecular complexity index is 860. The first-order valence-electron chi connectivity index (χ1n) is 8.83. The summed E-state index contributed by atoms with van der Waals surface area (Å²) in [6.07, 6.45) is 2.90. The molecule has 5 heteroatoms. The third-order valence-corrected chi connectivity index (χ3v) is 4.39. The summed E-state index contributed by atoms with van der Waals surface area (Å²) in [7, 11) is 0. The van der Waals surface area contributed by atoms with Crippen LogP contribution in [0.15, 0.2) is 60.8 Å². The van der Waals surface area contributed by atoms with Crippen molar-refractivity contribution < 1.29 is 9.47 Å². The lowest BCUT2D eigenvalue weighted by molar-refractivity contribution is 0.447. The highest BCUT2D eigenvalue weighted by molar-refractivity contribution is 5.37. The number of nitrogens with zero attached hydrogens (tertiary/aromatic N) is 2. The molecule has 4 rings (SSSR count). The third kappa shape index (κ3) is 3.83. The van der Waals surface area contributed by atoms with Crippen LogP contribution in [0.5, 0.6) is 23.1 Å². The minimum atomic E-state index is 0.361. The van der Waals surface area contributed by atoms with E-state index in [1.807, 2.05) is 67.7 Å². The highest BCUT2D eigenvalue weighted by atomic mass is 16.5. The molecule has 2 aromatic carbocycles. The molecule has 5 nitrogen and oxygen atoms in total. The number of aromatic nitrogens is 2. The fraction of sp³-hybridized carbons (Fsp3) is 0.238. The van der Waals surface area contributed by atoms with Gasteiger partial charge in [0.25, 0.3) is 0 Å². The van der Waals surface area contributed by atoms with E-state index in [-0.39, 0.29) is 0 Å². The van der Waals surface area contributed by atoms with Gasteiger partial charge in [-0.15, -0.1) is 0 Å². The highest BCUT2D eigenvalue weighted by Gasteiger charge is 2.20. The van der Waals surface area contributed by atoms with Crippen LogP contribution >= 0.6 is 0 Å². The molecule has 0 spiro atoms. The van der Waals surface area contributed by atoms with Gasteiger partial charge in [-0.05, 0) is 56.3 Å². The molecule has 132 valence electrons. The molecule has 1 aliphatic rings. The van der Waals surface area contributed by atoms with E-state index in [2.05, 4.69) is 15.3 Å². The fourth-order valence-electron chi connectivity index (χ4n) is 2.93. The van der Waals surface area contributed by atoms with Crippen molar-refractivity contribution in [3.63, 3.8) is 0 Å². The van der Waals surface area contributed by atoms with E-state index < -0.39 is 0 Å². The molecule has 2 heterocycles. The molecule has 0 aliphatic carbocycles. The summed E-state index contributed by atoms with van der Waals surface area (Å²) < 4.78 is 11.8. The van der Waals surface area contributed by atoms with Crippen molar-refractivity contribution in [3.05, 3.63) is 72.2 Å². The summed E-state index contributed by atoms with van der Waals surface area (Å²) in [6, 6.07) is 17.3. The molecule has 1 unspecified atom stereocenters. The molecule has 0 radical (unpaired) electrons. The predicted octanol–water partition coefficient (Wildman–Crippen LogP) is 4.45. The Kier molecular flexibility index (Phi) is 4.80. The van der Waals surface area contributed by atoms with Gasteiger partial charge in [0.15, 0.2) is 0 Å². The van der Waals surface area contributed by atoms with E-state index in [0.29, 0.717) is 11.8 Å². The SMILES string of the molecule is Cc1cnc(C2CCNC2)nc1Oc1ccc(Oc2ccccc2)cc1. The van der Waals surface area contributed by atoms with Crippen molar-refractivity contribution in [1.29, 1.82) is 0 Å². The minimum absolute atomic E-state index is 0.361. The van der Waals surface area contributed by atoms with E-state index in [1.165, 1.54) is 0 Å². The normalized spacial score (nSPS) is 16.4. The van der Waals surface area contributed by atoms with Crippen molar-refractivity contribution in [2.45, 2.75) is 19.3 Å². The van der Waals surface area contributed by atoms with Gasteiger partial charge >= 0.3 is 0 Å². The third-order valence-electron chi connectivity index (χ3n) is 4.39. The maximum atomic E-state index is 5.99. The maximum absolute atomic E-state index is 5.99. The zero-order valence-corrected chi connectivity index (χ0v) is 14.7. The van der Waals surface area contributed by atoms with Crippen LogP contribution in [0.25, 0.3) is 0 Å². The summed E-state index contributed by atoms with van der Waals surface area (Å²) in [5.41, 5.74) is 0.921. The van der Waals surface area contributed by atoms with Crippen LogP contribution in [0.4, 0.5) is 0 Å². The molecule has 0 amide bonds. The van der Waals surface area contributed by atoms with Crippen LogP contribution in [0, 0.1) is 6.92 Å². The molecule has 1 aromatic heterocycles. The Labute approximate surface area is 153 Å². The Morgan fingerprint density at radius 2 is 1.62 bits per heavy atom. The summed E-state index contributed by atoms with van der Waals surface area (Å²) in [5.74, 6) is 4.11. The summed E-state index contributed by atoms with van der Waals surface area (Å²) in [6.45, 7) is 3.90. The first kappa shape index (κ1) is 16.5. The van der Waals surface area contributed by atoms with E-state index in [0.717, 1.165) is 48.1 Å². The van der Waals surface area contributed by atoms with Gasteiger partial charge < -0.3 is 14.8 Å². The van der Waals surface area contributed by atoms with Crippen molar-refractivity contribution in [3.8, 4) is 23.1 Å². The number of aryl methyl sites for hydroxylation is 1. The maximum Gasteiger partial charge on any atom is 0.225 e. The molecule has 1 saturated heterocycles. The number of para-hydroxylation sites is 1. The lowest BCUT2D eigenvalue weighted by Crippen LogP contribution is -2.10. The number of rotatable bonds is 5. The summed E-state index contributed by atoms with van der Waals surface area (Å²) >= 11 is 0. The molecule has 3 aromatic rings. The van der Waals surface area contributed by atoms with Crippen LogP contribution < -0.4 is 14.8 Å². The van der Waals surface area contributed by atoms with Gasteiger partial charge in [0.1, 0.15) is 23.1 Å². The van der Waals surface area contributed by atoms with Crippen molar-refractivity contribution >= 4 is 0 Å². The molecule has 1 fully saturated rings. The second kappa shape index (κ2) is 7.54. The Balaban J connectivity index is 1.47. The van der Waals surface area contributed by atoms with Crippen LogP contribution in [0.2, 0.25) is 0 Å². The van der Waals surface area contributed by atoms with Gasteiger partial charge in [0.2, 0.25) is 5.88 Å². The molecule has 26 heavy (non-hydrogen) atoms. The molecule has 0 bridgehead atoms. The van der Waals surface area contributed by atoms with E-state index in [9.17, 15) is 0 Å². The quantitative estimate of drug-likeness (QED) is 0.739. The average Bonchev–Trinajstić information content (AvgIpc) is 3.21. The number of ether oxygens (including phenoxy) is 2. The monoisotopic (exact) mass is 347 g/mol. The highest BCUT2D eigenvalue weighted by Crippen LogP contribution is 2.28. The van der Waals surface area contributed by atoms with Crippen LogP contribution in [-0.2, 0) is 0 Å². The number of nitrogens with one attached hydrogen (secondary N) is 1. The lowest BCUT2D eigenvalue weighted by Gasteiger charge is -2.12. The van der Waals surface area contributed by atoms with Crippen LogP contribution in [0.1, 0.15) is 23.7 Å². The fourth-order valence-corrected chi connectivity index (χ4v) is 2.93. The van der Waals surface area contributed by atoms with Crippen molar-refractivity contribution in [2.75, 3.05) is 13.1 Å². The zero-order chi connectivity index (χ0) is 17.8. The molecule has 1 atom stereocenters. The van der Waals surface area contributed by atoms with Crippen molar-refractivity contribution in [1.82, 2.24) is 15.3 Å². The van der Waals surface area contributed by atoms with Crippen LogP contribution in [-0.4, -0.2) is 23.1 Å². The summed E-state index contributed by atoms with van der Waals surface area (Å²) in [5, 5.41) is 3.35. The molecule has 1 N–H and O–H groups in total. The van der Waals surface area contributed by atoms with Gasteiger partial charge in [-0.2, -0.15) is 4.98 Å². The zero-order valence-electron chi connectivity index (χ0n) is 14.7. The summed E-state index contributed by atoms with van der Waals surface area (Å²) in [4.78, 5) is 9.11. The van der Waals surface area contributed by atoms with E-state index in [4.69, 9.17) is 9.47 Å². The first-order valence-corrected chi connectivity index (χ1v) is 8.83. The van der Waals surface area contributed by atoms with Crippen LogP contribution in [0.3, 0.4) is 0 Å². The Morgan fingerprint density at radius 3 is 2.31 bits per heavy atom. The minimum Gasteiger partial charge on any atom is -0.457 e. The van der Waals surface area contributed by atoms with Gasteiger partial charge in [-0.1, -0.05) is 18.2 Å². The number of benzene rings is 2. The molecular formula is C21H21N3O2. The largest absolute Gasteiger partial charge is 0.457 e. The van der Waals surface area contributed by atoms with E-state index in [1.54, 1.807) is 0 Å². The molecule has 1 aliphatic heterocycles. The Hall–Kier alpha value is -2.92. The lowest BCUT2D eigenvalue weighted by atomic mass is 10.1. The molecule has 0 saturated carbocycles. The number of hydrogen-bond acceptors (Lipinski definition) is 5. The van der Waals surface area contributed by atoms with Gasteiger partial charge in [0.05, 0.1) is 0 Å². The number of hydrogen-bond donors (Lipinski definition) is 1.